The van der Waals surface area contributed by atoms with Crippen molar-refractivity contribution < 1.29 is 23.9 Å². The molecule has 8 nitrogen and oxygen atoms in total. The monoisotopic (exact) mass is 423 g/mol. The van der Waals surface area contributed by atoms with Crippen molar-refractivity contribution >= 4 is 29.5 Å². The summed E-state index contributed by atoms with van der Waals surface area (Å²) in [7, 11) is 1.28. The van der Waals surface area contributed by atoms with Gasteiger partial charge in [0.15, 0.2) is 0 Å². The second-order valence-electron chi connectivity index (χ2n) is 7.51. The lowest BCUT2D eigenvalue weighted by atomic mass is 9.91. The van der Waals surface area contributed by atoms with Crippen molar-refractivity contribution in [2.75, 3.05) is 19.0 Å². The Kier molecular flexibility index (Phi) is 6.39. The molecular weight excluding hydrogens is 398 g/mol. The zero-order valence-electron chi connectivity index (χ0n) is 17.7. The molecule has 1 heterocycles. The number of ether oxygens (including phenoxy) is 1. The van der Waals surface area contributed by atoms with E-state index in [1.54, 1.807) is 6.92 Å². The van der Waals surface area contributed by atoms with E-state index < -0.39 is 35.9 Å². The molecule has 31 heavy (non-hydrogen) atoms. The first-order chi connectivity index (χ1) is 14.8. The molecule has 1 aliphatic heterocycles. The Morgan fingerprint density at radius 3 is 2.29 bits per heavy atom. The topological polar surface area (TPSA) is 105 Å². The van der Waals surface area contributed by atoms with Gasteiger partial charge in [-0.2, -0.15) is 0 Å². The molecule has 2 aromatic rings. The zero-order valence-corrected chi connectivity index (χ0v) is 17.7. The molecule has 162 valence electrons. The molecule has 0 spiro atoms. The minimum atomic E-state index is -1.23. The molecule has 4 amide bonds. The molecule has 8 heteroatoms. The number of hydrogen-bond acceptors (Lipinski definition) is 5. The van der Waals surface area contributed by atoms with Gasteiger partial charge in [-0.1, -0.05) is 37.6 Å². The number of amides is 4. The zero-order chi connectivity index (χ0) is 22.6. The molecule has 2 aromatic carbocycles. The van der Waals surface area contributed by atoms with Crippen LogP contribution in [0, 0.1) is 0 Å². The third-order valence-corrected chi connectivity index (χ3v) is 5.24. The predicted molar refractivity (Wildman–Crippen MR) is 114 cm³/mol. The molecule has 1 unspecified atom stereocenters. The van der Waals surface area contributed by atoms with Gasteiger partial charge in [-0.25, -0.2) is 9.59 Å². The first-order valence-electron chi connectivity index (χ1n) is 10.00. The van der Waals surface area contributed by atoms with Crippen molar-refractivity contribution in [2.45, 2.75) is 32.2 Å². The SMILES string of the molecule is CCCc1ccc(C2(C)NC(=O)N(CC(=O)Nc3ccc(C(=O)OC)cc3)C2=O)cc1. The van der Waals surface area contributed by atoms with Gasteiger partial charge in [-0.3, -0.25) is 14.5 Å². The molecule has 3 rings (SSSR count). The van der Waals surface area contributed by atoms with Crippen molar-refractivity contribution in [3.63, 3.8) is 0 Å². The van der Waals surface area contributed by atoms with E-state index in [0.29, 0.717) is 16.8 Å². The smallest absolute Gasteiger partial charge is 0.337 e. The molecular formula is C23H25N3O5. The number of esters is 1. The minimum Gasteiger partial charge on any atom is -0.465 e. The van der Waals surface area contributed by atoms with Crippen LogP contribution in [-0.2, 0) is 26.3 Å². The van der Waals surface area contributed by atoms with E-state index >= 15 is 0 Å². The number of aryl methyl sites for hydroxylation is 1. The van der Waals surface area contributed by atoms with Crippen molar-refractivity contribution in [1.29, 1.82) is 0 Å². The minimum absolute atomic E-state index is 0.343. The van der Waals surface area contributed by atoms with Crippen LogP contribution in [0.3, 0.4) is 0 Å². The summed E-state index contributed by atoms with van der Waals surface area (Å²) in [5.41, 5.74) is 1.35. The number of imide groups is 1. The maximum Gasteiger partial charge on any atom is 0.337 e. The number of carbonyl (C=O) groups is 4. The van der Waals surface area contributed by atoms with Crippen LogP contribution in [0.5, 0.6) is 0 Å². The van der Waals surface area contributed by atoms with Crippen LogP contribution in [-0.4, -0.2) is 42.4 Å². The van der Waals surface area contributed by atoms with Crippen LogP contribution in [0.4, 0.5) is 10.5 Å². The quantitative estimate of drug-likeness (QED) is 0.526. The molecule has 0 aliphatic carbocycles. The Labute approximate surface area is 180 Å². The Balaban J connectivity index is 1.67. The summed E-state index contributed by atoms with van der Waals surface area (Å²) in [5.74, 6) is -1.51. The van der Waals surface area contributed by atoms with Crippen LogP contribution in [0.1, 0.15) is 41.8 Å². The number of methoxy groups -OCH3 is 1. The number of anilines is 1. The summed E-state index contributed by atoms with van der Waals surface area (Å²) in [6, 6.07) is 13.0. The number of rotatable bonds is 7. The van der Waals surface area contributed by atoms with Crippen molar-refractivity contribution in [2.24, 2.45) is 0 Å². The highest BCUT2D eigenvalue weighted by Crippen LogP contribution is 2.29. The van der Waals surface area contributed by atoms with Gasteiger partial charge < -0.3 is 15.4 Å². The summed E-state index contributed by atoms with van der Waals surface area (Å²) < 4.78 is 4.63. The standard InChI is InChI=1S/C23H25N3O5/c1-4-5-15-6-10-17(11-7-15)23(2)21(29)26(22(30)25-23)14-19(27)24-18-12-8-16(9-13-18)20(28)31-3/h6-13H,4-5,14H2,1-3H3,(H,24,27)(H,25,30). The van der Waals surface area contributed by atoms with Gasteiger partial charge >= 0.3 is 12.0 Å². The van der Waals surface area contributed by atoms with Gasteiger partial charge in [0.05, 0.1) is 12.7 Å². The van der Waals surface area contributed by atoms with E-state index in [4.69, 9.17) is 0 Å². The van der Waals surface area contributed by atoms with E-state index in [1.165, 1.54) is 31.4 Å². The van der Waals surface area contributed by atoms with Crippen molar-refractivity contribution in [3.8, 4) is 0 Å². The fourth-order valence-corrected chi connectivity index (χ4v) is 3.48. The number of urea groups is 1. The van der Waals surface area contributed by atoms with Gasteiger partial charge in [0.2, 0.25) is 5.91 Å². The molecule has 2 N–H and O–H groups in total. The lowest BCUT2D eigenvalue weighted by Gasteiger charge is -2.22. The van der Waals surface area contributed by atoms with Gasteiger partial charge in [-0.05, 0) is 48.7 Å². The maximum atomic E-state index is 13.0. The fraction of sp³-hybridized carbons (Fsp3) is 0.304. The van der Waals surface area contributed by atoms with Crippen LogP contribution in [0.25, 0.3) is 0 Å². The van der Waals surface area contributed by atoms with Gasteiger partial charge in [0.25, 0.3) is 5.91 Å². The second-order valence-corrected chi connectivity index (χ2v) is 7.51. The lowest BCUT2D eigenvalue weighted by molar-refractivity contribution is -0.133. The van der Waals surface area contributed by atoms with Crippen LogP contribution < -0.4 is 10.6 Å². The van der Waals surface area contributed by atoms with E-state index in [2.05, 4.69) is 22.3 Å². The van der Waals surface area contributed by atoms with Crippen molar-refractivity contribution in [1.82, 2.24) is 10.2 Å². The average Bonchev–Trinajstić information content (AvgIpc) is 2.98. The Morgan fingerprint density at radius 1 is 1.06 bits per heavy atom. The summed E-state index contributed by atoms with van der Waals surface area (Å²) in [6.45, 7) is 3.30. The molecule has 0 bridgehead atoms. The molecule has 1 fully saturated rings. The van der Waals surface area contributed by atoms with Crippen LogP contribution in [0.2, 0.25) is 0 Å². The predicted octanol–water partition coefficient (Wildman–Crippen LogP) is 2.83. The molecule has 1 saturated heterocycles. The van der Waals surface area contributed by atoms with Crippen LogP contribution in [0.15, 0.2) is 48.5 Å². The third kappa shape index (κ3) is 4.58. The summed E-state index contributed by atoms with van der Waals surface area (Å²) in [4.78, 5) is 50.2. The van der Waals surface area contributed by atoms with Gasteiger partial charge in [-0.15, -0.1) is 0 Å². The number of nitrogens with one attached hydrogen (secondary N) is 2. The second kappa shape index (κ2) is 8.99. The third-order valence-electron chi connectivity index (χ3n) is 5.24. The fourth-order valence-electron chi connectivity index (χ4n) is 3.48. The number of benzene rings is 2. The Hall–Kier alpha value is -3.68. The largest absolute Gasteiger partial charge is 0.465 e. The number of carbonyl (C=O) groups excluding carboxylic acids is 4. The molecule has 1 aliphatic rings. The van der Waals surface area contributed by atoms with Gasteiger partial charge in [0, 0.05) is 5.69 Å². The summed E-state index contributed by atoms with van der Waals surface area (Å²) in [6.07, 6.45) is 1.95. The molecule has 1 atom stereocenters. The normalized spacial score (nSPS) is 18.0. The highest BCUT2D eigenvalue weighted by Gasteiger charge is 2.49. The van der Waals surface area contributed by atoms with E-state index in [1.807, 2.05) is 24.3 Å². The number of hydrogen-bond donors (Lipinski definition) is 2. The highest BCUT2D eigenvalue weighted by molar-refractivity contribution is 6.10. The van der Waals surface area contributed by atoms with E-state index in [9.17, 15) is 19.2 Å². The molecule has 0 radical (unpaired) electrons. The van der Waals surface area contributed by atoms with Crippen LogP contribution >= 0.6 is 0 Å². The van der Waals surface area contributed by atoms with Crippen molar-refractivity contribution in [3.05, 3.63) is 65.2 Å². The Morgan fingerprint density at radius 2 is 1.71 bits per heavy atom. The molecule has 0 aromatic heterocycles. The Bertz CT molecular complexity index is 1000. The van der Waals surface area contributed by atoms with E-state index in [-0.39, 0.29) is 0 Å². The maximum absolute atomic E-state index is 13.0. The first-order valence-corrected chi connectivity index (χ1v) is 10.00. The lowest BCUT2D eigenvalue weighted by Crippen LogP contribution is -2.42. The highest BCUT2D eigenvalue weighted by atomic mass is 16.5. The summed E-state index contributed by atoms with van der Waals surface area (Å²) >= 11 is 0. The van der Waals surface area contributed by atoms with Gasteiger partial charge in [0.1, 0.15) is 12.1 Å². The average molecular weight is 423 g/mol. The summed E-state index contributed by atoms with van der Waals surface area (Å²) in [5, 5.41) is 5.32. The molecule has 0 saturated carbocycles. The van der Waals surface area contributed by atoms with E-state index in [0.717, 1.165) is 23.3 Å². The first kappa shape index (κ1) is 22.0. The number of nitrogens with zero attached hydrogens (tertiary/aromatic N) is 1.